The second kappa shape index (κ2) is 9.34. The maximum atomic E-state index is 13.8. The molecule has 1 aliphatic heterocycles. The quantitative estimate of drug-likeness (QED) is 0.324. The molecule has 4 aromatic rings. The molecular formula is C26H23N3O5S. The number of aromatic nitrogens is 2. The molecule has 1 atom stereocenters. The second-order valence-corrected chi connectivity index (χ2v) is 8.89. The van der Waals surface area contributed by atoms with Crippen LogP contribution in [0, 0.1) is 0 Å². The summed E-state index contributed by atoms with van der Waals surface area (Å²) in [6.07, 6.45) is 2.33. The molecule has 5 rings (SSSR count). The molecule has 0 spiro atoms. The highest BCUT2D eigenvalue weighted by Gasteiger charge is 2.45. The standard InChI is InChI=1S/C26H23N3O5S/c1-4-12-33-16-9-7-8-15(13-16)22-21-23(30)18-11-10-17(32-6-3)14-19(18)34-24(21)25(31)29(22)26-28-27-20(5-2)35-26/h4,7-11,13-14,22H,1,5-6,12H2,2-3H3. The van der Waals surface area contributed by atoms with E-state index in [9.17, 15) is 9.59 Å². The number of ether oxygens (including phenoxy) is 2. The van der Waals surface area contributed by atoms with Crippen LogP contribution in [-0.2, 0) is 6.42 Å². The minimum absolute atomic E-state index is 0.00758. The molecule has 8 nitrogen and oxygen atoms in total. The van der Waals surface area contributed by atoms with Gasteiger partial charge in [-0.25, -0.2) is 0 Å². The Kier molecular flexibility index (Phi) is 6.08. The fraction of sp³-hybridized carbons (Fsp3) is 0.231. The van der Waals surface area contributed by atoms with Crippen molar-refractivity contribution in [1.29, 1.82) is 0 Å². The van der Waals surface area contributed by atoms with E-state index in [1.54, 1.807) is 24.3 Å². The molecule has 2 aromatic carbocycles. The van der Waals surface area contributed by atoms with Gasteiger partial charge in [-0.3, -0.25) is 14.5 Å². The van der Waals surface area contributed by atoms with Crippen molar-refractivity contribution < 1.29 is 18.7 Å². The molecule has 3 heterocycles. The summed E-state index contributed by atoms with van der Waals surface area (Å²) in [4.78, 5) is 28.9. The van der Waals surface area contributed by atoms with Crippen LogP contribution >= 0.6 is 11.3 Å². The van der Waals surface area contributed by atoms with Crippen LogP contribution in [0.2, 0.25) is 0 Å². The van der Waals surface area contributed by atoms with Crippen LogP contribution < -0.4 is 19.8 Å². The molecular weight excluding hydrogens is 466 g/mol. The van der Waals surface area contributed by atoms with E-state index in [1.807, 2.05) is 38.1 Å². The van der Waals surface area contributed by atoms with E-state index in [0.717, 1.165) is 5.01 Å². The van der Waals surface area contributed by atoms with E-state index in [4.69, 9.17) is 13.9 Å². The van der Waals surface area contributed by atoms with Gasteiger partial charge in [0.25, 0.3) is 5.91 Å². The van der Waals surface area contributed by atoms with E-state index in [-0.39, 0.29) is 16.8 Å². The molecule has 35 heavy (non-hydrogen) atoms. The van der Waals surface area contributed by atoms with E-state index in [1.165, 1.54) is 16.2 Å². The minimum atomic E-state index is -0.741. The Morgan fingerprint density at radius 3 is 2.69 bits per heavy atom. The van der Waals surface area contributed by atoms with Crippen LogP contribution in [0.15, 0.2) is 64.3 Å². The van der Waals surface area contributed by atoms with Crippen LogP contribution in [0.3, 0.4) is 0 Å². The predicted molar refractivity (Wildman–Crippen MR) is 134 cm³/mol. The zero-order valence-electron chi connectivity index (χ0n) is 19.3. The highest BCUT2D eigenvalue weighted by atomic mass is 32.1. The van der Waals surface area contributed by atoms with Gasteiger partial charge in [0.05, 0.1) is 23.6 Å². The Hall–Kier alpha value is -3.98. The third kappa shape index (κ3) is 3.97. The summed E-state index contributed by atoms with van der Waals surface area (Å²) in [5, 5.41) is 10.0. The van der Waals surface area contributed by atoms with Gasteiger partial charge in [0.2, 0.25) is 10.9 Å². The lowest BCUT2D eigenvalue weighted by Gasteiger charge is -2.22. The van der Waals surface area contributed by atoms with Crippen molar-refractivity contribution in [3.8, 4) is 11.5 Å². The van der Waals surface area contributed by atoms with Gasteiger partial charge in [-0.1, -0.05) is 43.0 Å². The highest BCUT2D eigenvalue weighted by Crippen LogP contribution is 2.43. The average molecular weight is 490 g/mol. The summed E-state index contributed by atoms with van der Waals surface area (Å²) in [5.74, 6) is 0.709. The summed E-state index contributed by atoms with van der Waals surface area (Å²) in [7, 11) is 0. The molecule has 0 aliphatic carbocycles. The summed E-state index contributed by atoms with van der Waals surface area (Å²) in [6, 6.07) is 11.6. The number of rotatable bonds is 8. The summed E-state index contributed by atoms with van der Waals surface area (Å²) < 4.78 is 17.3. The number of anilines is 1. The van der Waals surface area contributed by atoms with Gasteiger partial charge in [0.1, 0.15) is 28.7 Å². The van der Waals surface area contributed by atoms with E-state index >= 15 is 0 Å². The molecule has 1 aliphatic rings. The average Bonchev–Trinajstić information content (AvgIpc) is 3.46. The molecule has 0 saturated heterocycles. The number of aryl methyl sites for hydroxylation is 1. The number of benzene rings is 2. The van der Waals surface area contributed by atoms with Crippen LogP contribution in [-0.4, -0.2) is 29.3 Å². The first-order valence-corrected chi connectivity index (χ1v) is 12.1. The van der Waals surface area contributed by atoms with Gasteiger partial charge in [0.15, 0.2) is 5.43 Å². The number of carbonyl (C=O) groups is 1. The predicted octanol–water partition coefficient (Wildman–Crippen LogP) is 4.92. The fourth-order valence-electron chi connectivity index (χ4n) is 4.13. The molecule has 0 fully saturated rings. The first-order valence-electron chi connectivity index (χ1n) is 11.3. The molecule has 0 bridgehead atoms. The van der Waals surface area contributed by atoms with Gasteiger partial charge in [0, 0.05) is 6.07 Å². The van der Waals surface area contributed by atoms with Crippen LogP contribution in [0.1, 0.15) is 46.6 Å². The highest BCUT2D eigenvalue weighted by molar-refractivity contribution is 7.15. The molecule has 1 unspecified atom stereocenters. The Labute approximate surface area is 205 Å². The Bertz CT molecular complexity index is 1490. The number of hydrogen-bond acceptors (Lipinski definition) is 8. The number of amides is 1. The van der Waals surface area contributed by atoms with Crippen molar-refractivity contribution in [2.45, 2.75) is 26.3 Å². The Morgan fingerprint density at radius 2 is 1.94 bits per heavy atom. The molecule has 9 heteroatoms. The third-order valence-corrected chi connectivity index (χ3v) is 6.73. The summed E-state index contributed by atoms with van der Waals surface area (Å²) in [5.41, 5.74) is 0.983. The fourth-order valence-corrected chi connectivity index (χ4v) is 4.94. The van der Waals surface area contributed by atoms with Gasteiger partial charge < -0.3 is 13.9 Å². The van der Waals surface area contributed by atoms with Crippen LogP contribution in [0.5, 0.6) is 11.5 Å². The van der Waals surface area contributed by atoms with Crippen molar-refractivity contribution in [2.24, 2.45) is 0 Å². The second-order valence-electron chi connectivity index (χ2n) is 7.85. The van der Waals surface area contributed by atoms with Gasteiger partial charge in [-0.15, -0.1) is 10.2 Å². The van der Waals surface area contributed by atoms with Gasteiger partial charge >= 0.3 is 0 Å². The molecule has 0 radical (unpaired) electrons. The topological polar surface area (TPSA) is 94.8 Å². The van der Waals surface area contributed by atoms with Crippen molar-refractivity contribution in [2.75, 3.05) is 18.1 Å². The van der Waals surface area contributed by atoms with E-state index in [2.05, 4.69) is 16.8 Å². The van der Waals surface area contributed by atoms with Crippen LogP contribution in [0.4, 0.5) is 5.13 Å². The minimum Gasteiger partial charge on any atom is -0.494 e. The Balaban J connectivity index is 1.72. The SMILES string of the molecule is C=CCOc1cccc(C2c3c(oc4cc(OCC)ccc4c3=O)C(=O)N2c2nnc(CC)s2)c1. The number of fused-ring (bicyclic) bond motifs is 2. The van der Waals surface area contributed by atoms with Crippen molar-refractivity contribution in [1.82, 2.24) is 10.2 Å². The Morgan fingerprint density at radius 1 is 1.11 bits per heavy atom. The normalized spacial score (nSPS) is 14.9. The molecule has 1 amide bonds. The zero-order chi connectivity index (χ0) is 24.5. The van der Waals surface area contributed by atoms with Crippen LogP contribution in [0.25, 0.3) is 11.0 Å². The van der Waals surface area contributed by atoms with Crippen molar-refractivity contribution in [3.05, 3.63) is 87.2 Å². The lowest BCUT2D eigenvalue weighted by molar-refractivity contribution is 0.0970. The number of carbonyl (C=O) groups excluding carboxylic acids is 1. The van der Waals surface area contributed by atoms with E-state index < -0.39 is 11.9 Å². The monoisotopic (exact) mass is 489 g/mol. The third-order valence-electron chi connectivity index (χ3n) is 5.66. The van der Waals surface area contributed by atoms with Gasteiger partial charge in [-0.05, 0) is 43.2 Å². The first kappa shape index (κ1) is 22.8. The summed E-state index contributed by atoms with van der Waals surface area (Å²) >= 11 is 1.31. The maximum Gasteiger partial charge on any atom is 0.297 e. The molecule has 178 valence electrons. The lowest BCUT2D eigenvalue weighted by atomic mass is 9.98. The smallest absolute Gasteiger partial charge is 0.297 e. The van der Waals surface area contributed by atoms with Crippen molar-refractivity contribution >= 4 is 33.3 Å². The molecule has 0 saturated carbocycles. The summed E-state index contributed by atoms with van der Waals surface area (Å²) in [6.45, 7) is 8.32. The van der Waals surface area contributed by atoms with E-state index in [0.29, 0.717) is 52.8 Å². The molecule has 0 N–H and O–H groups in total. The number of nitrogens with zero attached hydrogens (tertiary/aromatic N) is 3. The molecule has 2 aromatic heterocycles. The largest absolute Gasteiger partial charge is 0.494 e. The first-order chi connectivity index (χ1) is 17.0. The van der Waals surface area contributed by atoms with Crippen molar-refractivity contribution in [3.63, 3.8) is 0 Å². The maximum absolute atomic E-state index is 13.8. The lowest BCUT2D eigenvalue weighted by Crippen LogP contribution is -2.29. The van der Waals surface area contributed by atoms with Gasteiger partial charge in [-0.2, -0.15) is 0 Å². The number of hydrogen-bond donors (Lipinski definition) is 0. The zero-order valence-corrected chi connectivity index (χ0v) is 20.1.